The summed E-state index contributed by atoms with van der Waals surface area (Å²) in [7, 11) is 1.67. The Morgan fingerprint density at radius 2 is 2.29 bits per heavy atom. The summed E-state index contributed by atoms with van der Waals surface area (Å²) >= 11 is 3.61. The van der Waals surface area contributed by atoms with Crippen LogP contribution in [0.1, 0.15) is 11.3 Å². The molecule has 0 fully saturated rings. The molecule has 0 spiro atoms. The summed E-state index contributed by atoms with van der Waals surface area (Å²) in [6.07, 6.45) is 0. The lowest BCUT2D eigenvalue weighted by Crippen LogP contribution is -2.06. The average Bonchev–Trinajstić information content (AvgIpc) is 2.93. The van der Waals surface area contributed by atoms with E-state index in [9.17, 15) is 0 Å². The molecule has 2 heterocycles. The first kappa shape index (κ1) is 10.8. The van der Waals surface area contributed by atoms with Crippen LogP contribution in [0, 0.1) is 0 Å². The Morgan fingerprint density at radius 3 is 3.06 bits per heavy atom. The fourth-order valence-electron chi connectivity index (χ4n) is 2.01. The standard InChI is InChI=1S/C12H12BrN3O/c1-17-9-4-2-3-8(5-9)16-12(13)10-6-14-7-11(10)15-16/h2-5,14H,6-7H2,1H3. The van der Waals surface area contributed by atoms with Crippen LogP contribution in [0.3, 0.4) is 0 Å². The number of rotatable bonds is 2. The Labute approximate surface area is 108 Å². The summed E-state index contributed by atoms with van der Waals surface area (Å²) in [5, 5.41) is 7.87. The summed E-state index contributed by atoms with van der Waals surface area (Å²) < 4.78 is 8.15. The van der Waals surface area contributed by atoms with Crippen molar-refractivity contribution in [2.75, 3.05) is 7.11 Å². The van der Waals surface area contributed by atoms with Gasteiger partial charge in [-0.1, -0.05) is 6.07 Å². The lowest BCUT2D eigenvalue weighted by atomic mass is 10.3. The van der Waals surface area contributed by atoms with Crippen LogP contribution in [-0.4, -0.2) is 16.9 Å². The Morgan fingerprint density at radius 1 is 1.41 bits per heavy atom. The van der Waals surface area contributed by atoms with Gasteiger partial charge in [0.15, 0.2) is 0 Å². The number of fused-ring (bicyclic) bond motifs is 1. The van der Waals surface area contributed by atoms with Crippen LogP contribution in [0.15, 0.2) is 28.9 Å². The van der Waals surface area contributed by atoms with Gasteiger partial charge in [0.1, 0.15) is 10.4 Å². The van der Waals surface area contributed by atoms with Crippen molar-refractivity contribution in [2.45, 2.75) is 13.1 Å². The Balaban J connectivity index is 2.09. The summed E-state index contributed by atoms with van der Waals surface area (Å²) in [5.41, 5.74) is 3.36. The molecule has 5 heteroatoms. The van der Waals surface area contributed by atoms with Crippen molar-refractivity contribution in [3.8, 4) is 11.4 Å². The molecule has 88 valence electrons. The van der Waals surface area contributed by atoms with Crippen molar-refractivity contribution in [1.29, 1.82) is 0 Å². The van der Waals surface area contributed by atoms with Gasteiger partial charge in [-0.25, -0.2) is 4.68 Å². The van der Waals surface area contributed by atoms with E-state index in [0.29, 0.717) is 0 Å². The van der Waals surface area contributed by atoms with E-state index in [4.69, 9.17) is 4.74 Å². The van der Waals surface area contributed by atoms with Crippen molar-refractivity contribution in [1.82, 2.24) is 15.1 Å². The van der Waals surface area contributed by atoms with Crippen LogP contribution in [-0.2, 0) is 13.1 Å². The van der Waals surface area contributed by atoms with Gasteiger partial charge < -0.3 is 10.1 Å². The highest BCUT2D eigenvalue weighted by Gasteiger charge is 2.20. The molecule has 4 nitrogen and oxygen atoms in total. The highest BCUT2D eigenvalue weighted by Crippen LogP contribution is 2.28. The number of aromatic nitrogens is 2. The average molecular weight is 294 g/mol. The molecule has 0 unspecified atom stereocenters. The monoisotopic (exact) mass is 293 g/mol. The molecule has 0 aliphatic carbocycles. The zero-order chi connectivity index (χ0) is 11.8. The van der Waals surface area contributed by atoms with Crippen molar-refractivity contribution in [3.05, 3.63) is 40.1 Å². The topological polar surface area (TPSA) is 39.1 Å². The van der Waals surface area contributed by atoms with E-state index in [1.165, 1.54) is 5.56 Å². The van der Waals surface area contributed by atoms with Crippen LogP contribution in [0.25, 0.3) is 5.69 Å². The number of nitrogens with one attached hydrogen (secondary N) is 1. The number of hydrogen-bond donors (Lipinski definition) is 1. The number of halogens is 1. The van der Waals surface area contributed by atoms with Gasteiger partial charge in [0.05, 0.1) is 18.5 Å². The number of nitrogens with zero attached hydrogens (tertiary/aromatic N) is 2. The van der Waals surface area contributed by atoms with Gasteiger partial charge in [0.25, 0.3) is 0 Å². The number of hydrogen-bond acceptors (Lipinski definition) is 3. The van der Waals surface area contributed by atoms with E-state index in [1.807, 2.05) is 28.9 Å². The Hall–Kier alpha value is -1.33. The molecule has 3 rings (SSSR count). The third-order valence-electron chi connectivity index (χ3n) is 2.90. The fraction of sp³-hybridized carbons (Fsp3) is 0.250. The van der Waals surface area contributed by atoms with Crippen molar-refractivity contribution >= 4 is 15.9 Å². The van der Waals surface area contributed by atoms with Gasteiger partial charge >= 0.3 is 0 Å². The molecule has 1 aromatic heterocycles. The van der Waals surface area contributed by atoms with Gasteiger partial charge in [-0.15, -0.1) is 0 Å². The molecule has 0 saturated heterocycles. The van der Waals surface area contributed by atoms with Gasteiger partial charge in [0.2, 0.25) is 0 Å². The van der Waals surface area contributed by atoms with Crippen LogP contribution in [0.2, 0.25) is 0 Å². The fourth-order valence-corrected chi connectivity index (χ4v) is 2.66. The highest BCUT2D eigenvalue weighted by atomic mass is 79.9. The summed E-state index contributed by atoms with van der Waals surface area (Å²) in [4.78, 5) is 0. The predicted octanol–water partition coefficient (Wildman–Crippen LogP) is 2.25. The zero-order valence-electron chi connectivity index (χ0n) is 9.40. The summed E-state index contributed by atoms with van der Waals surface area (Å²) in [6, 6.07) is 7.88. The maximum absolute atomic E-state index is 5.22. The quantitative estimate of drug-likeness (QED) is 0.923. The Bertz CT molecular complexity index is 565. The molecular weight excluding hydrogens is 282 g/mol. The smallest absolute Gasteiger partial charge is 0.121 e. The second-order valence-corrected chi connectivity index (χ2v) is 4.68. The largest absolute Gasteiger partial charge is 0.497 e. The normalized spacial score (nSPS) is 13.8. The molecular formula is C12H12BrN3O. The van der Waals surface area contributed by atoms with E-state index < -0.39 is 0 Å². The first-order chi connectivity index (χ1) is 8.29. The van der Waals surface area contributed by atoms with Crippen molar-refractivity contribution < 1.29 is 4.74 Å². The summed E-state index contributed by atoms with van der Waals surface area (Å²) in [5.74, 6) is 0.836. The molecule has 1 aliphatic rings. The maximum Gasteiger partial charge on any atom is 0.121 e. The Kier molecular flexibility index (Phi) is 2.64. The number of methoxy groups -OCH3 is 1. The number of benzene rings is 1. The minimum absolute atomic E-state index is 0.836. The van der Waals surface area contributed by atoms with E-state index >= 15 is 0 Å². The summed E-state index contributed by atoms with van der Waals surface area (Å²) in [6.45, 7) is 1.71. The van der Waals surface area contributed by atoms with E-state index in [-0.39, 0.29) is 0 Å². The predicted molar refractivity (Wildman–Crippen MR) is 68.4 cm³/mol. The van der Waals surface area contributed by atoms with Gasteiger partial charge in [-0.2, -0.15) is 5.10 Å². The molecule has 17 heavy (non-hydrogen) atoms. The van der Waals surface area contributed by atoms with Crippen LogP contribution in [0.5, 0.6) is 5.75 Å². The number of ether oxygens (including phenoxy) is 1. The third-order valence-corrected chi connectivity index (χ3v) is 3.71. The minimum atomic E-state index is 0.836. The van der Waals surface area contributed by atoms with Crippen LogP contribution < -0.4 is 10.1 Å². The van der Waals surface area contributed by atoms with Gasteiger partial charge in [-0.05, 0) is 28.1 Å². The first-order valence-electron chi connectivity index (χ1n) is 5.41. The van der Waals surface area contributed by atoms with Gasteiger partial charge in [0, 0.05) is 24.7 Å². The third kappa shape index (κ3) is 1.75. The second-order valence-electron chi connectivity index (χ2n) is 3.93. The van der Waals surface area contributed by atoms with Crippen LogP contribution >= 0.6 is 15.9 Å². The lowest BCUT2D eigenvalue weighted by molar-refractivity contribution is 0.414. The molecule has 2 aromatic rings. The molecule has 0 saturated carbocycles. The lowest BCUT2D eigenvalue weighted by Gasteiger charge is -2.06. The molecule has 0 amide bonds. The molecule has 0 radical (unpaired) electrons. The molecule has 0 bridgehead atoms. The van der Waals surface area contributed by atoms with Crippen molar-refractivity contribution in [3.63, 3.8) is 0 Å². The SMILES string of the molecule is COc1cccc(-n2nc3c(c2Br)CNC3)c1. The molecule has 1 aromatic carbocycles. The van der Waals surface area contributed by atoms with Crippen LogP contribution in [0.4, 0.5) is 0 Å². The minimum Gasteiger partial charge on any atom is -0.497 e. The molecule has 0 atom stereocenters. The zero-order valence-corrected chi connectivity index (χ0v) is 11.0. The molecule has 1 N–H and O–H groups in total. The van der Waals surface area contributed by atoms with E-state index in [1.54, 1.807) is 7.11 Å². The van der Waals surface area contributed by atoms with E-state index in [0.717, 1.165) is 34.8 Å². The molecule has 1 aliphatic heterocycles. The van der Waals surface area contributed by atoms with Gasteiger partial charge in [-0.3, -0.25) is 0 Å². The first-order valence-corrected chi connectivity index (χ1v) is 6.20. The van der Waals surface area contributed by atoms with Crippen molar-refractivity contribution in [2.24, 2.45) is 0 Å². The highest BCUT2D eigenvalue weighted by molar-refractivity contribution is 9.10. The van der Waals surface area contributed by atoms with E-state index in [2.05, 4.69) is 26.3 Å². The maximum atomic E-state index is 5.22. The second kappa shape index (κ2) is 4.16.